The predicted octanol–water partition coefficient (Wildman–Crippen LogP) is 2.17. The average molecular weight is 196 g/mol. The average Bonchev–Trinajstić information content (AvgIpc) is 1.82. The molecule has 0 aliphatic heterocycles. The maximum atomic E-state index is 9.96. The van der Waals surface area contributed by atoms with E-state index in [-0.39, 0.29) is 4.92 Å². The van der Waals surface area contributed by atoms with E-state index < -0.39 is 4.95 Å². The Labute approximate surface area is 62.7 Å². The van der Waals surface area contributed by atoms with E-state index in [2.05, 4.69) is 15.9 Å². The number of unbranched alkanes of at least 4 members (excludes halogenated alkanes) is 1. The Bertz CT molecular complexity index is 97.0. The molecule has 0 bridgehead atoms. The molecule has 3 nitrogen and oxygen atoms in total. The van der Waals surface area contributed by atoms with E-state index >= 15 is 0 Å². The van der Waals surface area contributed by atoms with Gasteiger partial charge in [-0.1, -0.05) is 13.3 Å². The molecular weight excluding hydrogens is 186 g/mol. The van der Waals surface area contributed by atoms with E-state index in [0.717, 1.165) is 12.8 Å². The number of nitro groups is 1. The monoisotopic (exact) mass is 195 g/mol. The van der Waals surface area contributed by atoms with Crippen LogP contribution in [0.4, 0.5) is 0 Å². The van der Waals surface area contributed by atoms with Crippen molar-refractivity contribution in [2.24, 2.45) is 0 Å². The van der Waals surface area contributed by atoms with Crippen molar-refractivity contribution in [1.29, 1.82) is 0 Å². The molecule has 0 radical (unpaired) electrons. The van der Waals surface area contributed by atoms with Gasteiger partial charge in [-0.15, -0.1) is 0 Å². The Balaban J connectivity index is 3.27. The second-order valence-electron chi connectivity index (χ2n) is 1.86. The van der Waals surface area contributed by atoms with E-state index in [0.29, 0.717) is 6.42 Å². The van der Waals surface area contributed by atoms with Crippen LogP contribution in [0, 0.1) is 10.1 Å². The fraction of sp³-hybridized carbons (Fsp3) is 1.00. The van der Waals surface area contributed by atoms with Gasteiger partial charge in [0.2, 0.25) is 0 Å². The molecule has 0 saturated carbocycles. The summed E-state index contributed by atoms with van der Waals surface area (Å²) in [6.45, 7) is 2.01. The second-order valence-corrected chi connectivity index (χ2v) is 2.92. The third-order valence-corrected chi connectivity index (χ3v) is 1.82. The molecule has 0 aliphatic carbocycles. The third kappa shape index (κ3) is 4.39. The van der Waals surface area contributed by atoms with Crippen LogP contribution in [0.2, 0.25) is 0 Å². The van der Waals surface area contributed by atoms with E-state index in [9.17, 15) is 10.1 Å². The van der Waals surface area contributed by atoms with Crippen molar-refractivity contribution < 1.29 is 4.92 Å². The minimum absolute atomic E-state index is 0.310. The molecule has 1 unspecified atom stereocenters. The summed E-state index contributed by atoms with van der Waals surface area (Å²) in [7, 11) is 0. The van der Waals surface area contributed by atoms with E-state index in [1.165, 1.54) is 0 Å². The van der Waals surface area contributed by atoms with Gasteiger partial charge in [0, 0.05) is 11.3 Å². The minimum atomic E-state index is -0.544. The van der Waals surface area contributed by atoms with E-state index in [1.54, 1.807) is 0 Å². The number of hydrogen-bond acceptors (Lipinski definition) is 2. The fourth-order valence-electron chi connectivity index (χ4n) is 0.478. The highest BCUT2D eigenvalue weighted by atomic mass is 79.9. The lowest BCUT2D eigenvalue weighted by Gasteiger charge is -1.97. The molecule has 0 saturated heterocycles. The van der Waals surface area contributed by atoms with Gasteiger partial charge in [-0.05, 0) is 22.4 Å². The lowest BCUT2D eigenvalue weighted by molar-refractivity contribution is -0.493. The normalized spacial score (nSPS) is 13.1. The summed E-state index contributed by atoms with van der Waals surface area (Å²) in [5.74, 6) is 0. The molecule has 0 spiro atoms. The highest BCUT2D eigenvalue weighted by molar-refractivity contribution is 9.09. The topological polar surface area (TPSA) is 43.1 Å². The number of nitrogens with zero attached hydrogens (tertiary/aromatic N) is 1. The number of alkyl halides is 1. The largest absolute Gasteiger partial charge is 0.265 e. The highest BCUT2D eigenvalue weighted by Crippen LogP contribution is 2.09. The van der Waals surface area contributed by atoms with Crippen molar-refractivity contribution in [3.05, 3.63) is 10.1 Å². The van der Waals surface area contributed by atoms with Crippen LogP contribution in [-0.2, 0) is 0 Å². The fourth-order valence-corrected chi connectivity index (χ4v) is 0.802. The summed E-state index contributed by atoms with van der Waals surface area (Å²) in [5.41, 5.74) is 0. The van der Waals surface area contributed by atoms with Crippen molar-refractivity contribution in [3.8, 4) is 0 Å². The van der Waals surface area contributed by atoms with Crippen LogP contribution in [0.25, 0.3) is 0 Å². The van der Waals surface area contributed by atoms with Crippen LogP contribution in [0.5, 0.6) is 0 Å². The zero-order valence-corrected chi connectivity index (χ0v) is 6.93. The van der Waals surface area contributed by atoms with Crippen LogP contribution in [0.3, 0.4) is 0 Å². The molecule has 0 aromatic carbocycles. The molecule has 4 heteroatoms. The lowest BCUT2D eigenvalue weighted by atomic mass is 10.2. The summed E-state index contributed by atoms with van der Waals surface area (Å²) in [6.07, 6.45) is 2.55. The SMILES string of the molecule is CCCCC(Br)[N+](=O)[O-]. The minimum Gasteiger partial charge on any atom is -0.263 e. The summed E-state index contributed by atoms with van der Waals surface area (Å²) < 4.78 is 0. The van der Waals surface area contributed by atoms with Crippen LogP contribution in [0.15, 0.2) is 0 Å². The van der Waals surface area contributed by atoms with Crippen LogP contribution >= 0.6 is 15.9 Å². The van der Waals surface area contributed by atoms with Gasteiger partial charge in [-0.3, -0.25) is 10.1 Å². The maximum absolute atomic E-state index is 9.96. The molecule has 9 heavy (non-hydrogen) atoms. The first-order valence-corrected chi connectivity index (χ1v) is 3.87. The second kappa shape index (κ2) is 4.73. The third-order valence-electron chi connectivity index (χ3n) is 1.02. The Hall–Kier alpha value is -0.120. The summed E-state index contributed by atoms with van der Waals surface area (Å²) >= 11 is 2.94. The first-order valence-electron chi connectivity index (χ1n) is 2.96. The Morgan fingerprint density at radius 2 is 2.33 bits per heavy atom. The number of halogens is 1. The quantitative estimate of drug-likeness (QED) is 0.299. The molecule has 0 aromatic heterocycles. The smallest absolute Gasteiger partial charge is 0.263 e. The first kappa shape index (κ1) is 8.88. The van der Waals surface area contributed by atoms with Gasteiger partial charge in [0.1, 0.15) is 0 Å². The Morgan fingerprint density at radius 3 is 2.67 bits per heavy atom. The van der Waals surface area contributed by atoms with E-state index in [4.69, 9.17) is 0 Å². The molecular formula is C5H10BrNO2. The van der Waals surface area contributed by atoms with Crippen molar-refractivity contribution in [2.45, 2.75) is 31.1 Å². The van der Waals surface area contributed by atoms with Crippen molar-refractivity contribution in [3.63, 3.8) is 0 Å². The van der Waals surface area contributed by atoms with Crippen molar-refractivity contribution in [2.75, 3.05) is 0 Å². The zero-order valence-electron chi connectivity index (χ0n) is 5.34. The molecule has 0 amide bonds. The molecule has 0 aromatic rings. The molecule has 0 aliphatic rings. The predicted molar refractivity (Wildman–Crippen MR) is 39.2 cm³/mol. The summed E-state index contributed by atoms with van der Waals surface area (Å²) in [6, 6.07) is 0. The Kier molecular flexibility index (Phi) is 4.67. The number of hydrogen-bond donors (Lipinski definition) is 0. The first-order chi connectivity index (χ1) is 4.18. The highest BCUT2D eigenvalue weighted by Gasteiger charge is 2.12. The van der Waals surface area contributed by atoms with Crippen LogP contribution in [-0.4, -0.2) is 9.87 Å². The lowest BCUT2D eigenvalue weighted by Crippen LogP contribution is -2.10. The molecule has 0 N–H and O–H groups in total. The van der Waals surface area contributed by atoms with Gasteiger partial charge >= 0.3 is 0 Å². The van der Waals surface area contributed by atoms with Gasteiger partial charge < -0.3 is 0 Å². The Morgan fingerprint density at radius 1 is 1.78 bits per heavy atom. The van der Waals surface area contributed by atoms with E-state index in [1.807, 2.05) is 6.92 Å². The molecule has 0 rings (SSSR count). The van der Waals surface area contributed by atoms with Gasteiger partial charge in [0.25, 0.3) is 4.95 Å². The van der Waals surface area contributed by atoms with Gasteiger partial charge in [0.15, 0.2) is 0 Å². The summed E-state index contributed by atoms with van der Waals surface area (Å²) in [5, 5.41) is 9.96. The van der Waals surface area contributed by atoms with Crippen LogP contribution in [0.1, 0.15) is 26.2 Å². The van der Waals surface area contributed by atoms with Crippen LogP contribution < -0.4 is 0 Å². The van der Waals surface area contributed by atoms with Gasteiger partial charge in [-0.25, -0.2) is 0 Å². The summed E-state index contributed by atoms with van der Waals surface area (Å²) in [4.78, 5) is 9.11. The zero-order chi connectivity index (χ0) is 7.28. The maximum Gasteiger partial charge on any atom is 0.265 e. The molecule has 0 fully saturated rings. The van der Waals surface area contributed by atoms with Gasteiger partial charge in [-0.2, -0.15) is 0 Å². The van der Waals surface area contributed by atoms with Gasteiger partial charge in [0.05, 0.1) is 0 Å². The molecule has 54 valence electrons. The molecule has 0 heterocycles. The standard InChI is InChI=1S/C5H10BrNO2/c1-2-3-4-5(6)7(8)9/h5H,2-4H2,1H3. The van der Waals surface area contributed by atoms with Crippen molar-refractivity contribution >= 4 is 15.9 Å². The number of rotatable bonds is 4. The molecule has 1 atom stereocenters. The van der Waals surface area contributed by atoms with Crippen molar-refractivity contribution in [1.82, 2.24) is 0 Å².